The van der Waals surface area contributed by atoms with Crippen molar-refractivity contribution in [1.29, 1.82) is 0 Å². The Bertz CT molecular complexity index is 302. The second-order valence-corrected chi connectivity index (χ2v) is 6.73. The van der Waals surface area contributed by atoms with Crippen molar-refractivity contribution < 1.29 is 4.79 Å². The van der Waals surface area contributed by atoms with Gasteiger partial charge in [-0.3, -0.25) is 4.79 Å². The third kappa shape index (κ3) is 2.71. The van der Waals surface area contributed by atoms with Gasteiger partial charge >= 0.3 is 0 Å². The van der Waals surface area contributed by atoms with E-state index in [0.29, 0.717) is 30.0 Å². The van der Waals surface area contributed by atoms with Crippen LogP contribution in [0.2, 0.25) is 0 Å². The number of rotatable bonds is 4. The van der Waals surface area contributed by atoms with E-state index in [-0.39, 0.29) is 0 Å². The van der Waals surface area contributed by atoms with Crippen LogP contribution in [0, 0.1) is 11.8 Å². The summed E-state index contributed by atoms with van der Waals surface area (Å²) >= 11 is 0. The largest absolute Gasteiger partial charge is 0.353 e. The van der Waals surface area contributed by atoms with E-state index in [0.717, 1.165) is 12.3 Å². The maximum absolute atomic E-state index is 12.1. The Morgan fingerprint density at radius 3 is 2.44 bits per heavy atom. The van der Waals surface area contributed by atoms with Crippen LogP contribution in [0.1, 0.15) is 58.3 Å². The SMILES string of the molecule is CC(NC(=O)CC1CC2CCC(C1)N2)C1CCC1. The molecule has 1 amide bonds. The fraction of sp³-hybridized carbons (Fsp3) is 0.933. The van der Waals surface area contributed by atoms with E-state index in [4.69, 9.17) is 0 Å². The number of amides is 1. The van der Waals surface area contributed by atoms with Gasteiger partial charge in [0.2, 0.25) is 5.91 Å². The van der Waals surface area contributed by atoms with Crippen LogP contribution in [0.4, 0.5) is 0 Å². The normalized spacial score (nSPS) is 37.1. The molecular weight excluding hydrogens is 224 g/mol. The van der Waals surface area contributed by atoms with E-state index in [1.807, 2.05) is 0 Å². The molecule has 3 fully saturated rings. The quantitative estimate of drug-likeness (QED) is 0.803. The van der Waals surface area contributed by atoms with Crippen molar-refractivity contribution in [3.8, 4) is 0 Å². The average Bonchev–Trinajstić information content (AvgIpc) is 2.55. The highest BCUT2D eigenvalue weighted by Gasteiger charge is 2.34. The van der Waals surface area contributed by atoms with Crippen LogP contribution >= 0.6 is 0 Å². The number of piperidine rings is 1. The zero-order valence-corrected chi connectivity index (χ0v) is 11.5. The minimum atomic E-state index is 0.292. The van der Waals surface area contributed by atoms with Gasteiger partial charge in [0, 0.05) is 24.5 Å². The monoisotopic (exact) mass is 250 g/mol. The summed E-state index contributed by atoms with van der Waals surface area (Å²) in [5.74, 6) is 1.66. The summed E-state index contributed by atoms with van der Waals surface area (Å²) in [4.78, 5) is 12.1. The van der Waals surface area contributed by atoms with Crippen molar-refractivity contribution >= 4 is 5.91 Å². The van der Waals surface area contributed by atoms with Crippen molar-refractivity contribution in [2.24, 2.45) is 11.8 Å². The van der Waals surface area contributed by atoms with Gasteiger partial charge in [-0.05, 0) is 57.3 Å². The molecule has 1 aliphatic carbocycles. The molecule has 2 heterocycles. The van der Waals surface area contributed by atoms with Gasteiger partial charge in [0.05, 0.1) is 0 Å². The predicted octanol–water partition coefficient (Wildman–Crippen LogP) is 2.21. The van der Waals surface area contributed by atoms with Crippen LogP contribution in [0.25, 0.3) is 0 Å². The minimum Gasteiger partial charge on any atom is -0.353 e. The summed E-state index contributed by atoms with van der Waals surface area (Å²) in [6, 6.07) is 1.79. The van der Waals surface area contributed by atoms with E-state index in [1.54, 1.807) is 0 Å². The van der Waals surface area contributed by atoms with Crippen molar-refractivity contribution in [2.75, 3.05) is 0 Å². The summed E-state index contributed by atoms with van der Waals surface area (Å²) in [5, 5.41) is 6.86. The molecule has 0 aromatic rings. The lowest BCUT2D eigenvalue weighted by molar-refractivity contribution is -0.123. The number of hydrogen-bond donors (Lipinski definition) is 2. The van der Waals surface area contributed by atoms with E-state index < -0.39 is 0 Å². The lowest BCUT2D eigenvalue weighted by Gasteiger charge is -2.33. The molecule has 2 N–H and O–H groups in total. The zero-order chi connectivity index (χ0) is 12.5. The third-order valence-corrected chi connectivity index (χ3v) is 5.29. The third-order valence-electron chi connectivity index (χ3n) is 5.29. The Kier molecular flexibility index (Phi) is 3.60. The van der Waals surface area contributed by atoms with Crippen molar-refractivity contribution in [2.45, 2.75) is 76.4 Å². The average molecular weight is 250 g/mol. The Morgan fingerprint density at radius 1 is 1.22 bits per heavy atom. The van der Waals surface area contributed by atoms with Gasteiger partial charge in [0.25, 0.3) is 0 Å². The highest BCUT2D eigenvalue weighted by Crippen LogP contribution is 2.33. The molecule has 2 bridgehead atoms. The first kappa shape index (κ1) is 12.5. The molecular formula is C15H26N2O. The van der Waals surface area contributed by atoms with Gasteiger partial charge in [-0.2, -0.15) is 0 Å². The number of fused-ring (bicyclic) bond motifs is 2. The van der Waals surface area contributed by atoms with E-state index in [2.05, 4.69) is 17.6 Å². The van der Waals surface area contributed by atoms with Gasteiger partial charge in [-0.25, -0.2) is 0 Å². The predicted molar refractivity (Wildman–Crippen MR) is 72.2 cm³/mol. The standard InChI is InChI=1S/C15H26N2O/c1-10(12-3-2-4-12)16-15(18)9-11-7-13-5-6-14(8-11)17-13/h10-14,17H,2-9H2,1H3,(H,16,18). The molecule has 0 radical (unpaired) electrons. The Balaban J connectivity index is 1.43. The zero-order valence-electron chi connectivity index (χ0n) is 11.5. The molecule has 0 aromatic heterocycles. The summed E-state index contributed by atoms with van der Waals surface area (Å²) < 4.78 is 0. The Morgan fingerprint density at radius 2 is 1.89 bits per heavy atom. The molecule has 2 saturated heterocycles. The molecule has 3 nitrogen and oxygen atoms in total. The van der Waals surface area contributed by atoms with Crippen LogP contribution in [0.3, 0.4) is 0 Å². The van der Waals surface area contributed by atoms with Crippen LogP contribution in [0.15, 0.2) is 0 Å². The molecule has 3 aliphatic rings. The van der Waals surface area contributed by atoms with Gasteiger partial charge in [-0.15, -0.1) is 0 Å². The Labute approximate surface area is 110 Å². The summed E-state index contributed by atoms with van der Waals surface area (Å²) in [6.07, 6.45) is 9.78. The topological polar surface area (TPSA) is 41.1 Å². The van der Waals surface area contributed by atoms with E-state index in [1.165, 1.54) is 44.9 Å². The molecule has 18 heavy (non-hydrogen) atoms. The van der Waals surface area contributed by atoms with Crippen LogP contribution in [-0.2, 0) is 4.79 Å². The molecule has 0 aromatic carbocycles. The van der Waals surface area contributed by atoms with Crippen LogP contribution in [-0.4, -0.2) is 24.0 Å². The minimum absolute atomic E-state index is 0.292. The molecule has 2 aliphatic heterocycles. The smallest absolute Gasteiger partial charge is 0.220 e. The summed E-state index contributed by atoms with van der Waals surface area (Å²) in [7, 11) is 0. The van der Waals surface area contributed by atoms with Crippen LogP contribution < -0.4 is 10.6 Å². The first-order valence-electron chi connectivity index (χ1n) is 7.76. The van der Waals surface area contributed by atoms with Gasteiger partial charge < -0.3 is 10.6 Å². The van der Waals surface area contributed by atoms with Gasteiger partial charge in [0.15, 0.2) is 0 Å². The lowest BCUT2D eigenvalue weighted by Crippen LogP contribution is -2.43. The molecule has 3 unspecified atom stereocenters. The maximum Gasteiger partial charge on any atom is 0.220 e. The highest BCUT2D eigenvalue weighted by atomic mass is 16.1. The Hall–Kier alpha value is -0.570. The van der Waals surface area contributed by atoms with Crippen LogP contribution in [0.5, 0.6) is 0 Å². The summed E-state index contributed by atoms with van der Waals surface area (Å²) in [5.41, 5.74) is 0. The molecule has 0 spiro atoms. The number of hydrogen-bond acceptors (Lipinski definition) is 2. The van der Waals surface area contributed by atoms with Gasteiger partial charge in [-0.1, -0.05) is 6.42 Å². The van der Waals surface area contributed by atoms with Crippen molar-refractivity contribution in [3.05, 3.63) is 0 Å². The maximum atomic E-state index is 12.1. The molecule has 3 rings (SSSR count). The van der Waals surface area contributed by atoms with E-state index >= 15 is 0 Å². The number of carbonyl (C=O) groups is 1. The molecule has 3 atom stereocenters. The second kappa shape index (κ2) is 5.20. The lowest BCUT2D eigenvalue weighted by atomic mass is 9.80. The van der Waals surface area contributed by atoms with E-state index in [9.17, 15) is 4.79 Å². The van der Waals surface area contributed by atoms with Crippen molar-refractivity contribution in [3.63, 3.8) is 0 Å². The molecule has 3 heteroatoms. The highest BCUT2D eigenvalue weighted by molar-refractivity contribution is 5.76. The molecule has 102 valence electrons. The number of nitrogens with one attached hydrogen (secondary N) is 2. The first-order valence-corrected chi connectivity index (χ1v) is 7.76. The van der Waals surface area contributed by atoms with Crippen molar-refractivity contribution in [1.82, 2.24) is 10.6 Å². The summed E-state index contributed by atoms with van der Waals surface area (Å²) in [6.45, 7) is 2.17. The first-order chi connectivity index (χ1) is 8.70. The molecule has 1 saturated carbocycles. The fourth-order valence-corrected chi connectivity index (χ4v) is 3.97. The second-order valence-electron chi connectivity index (χ2n) is 6.73. The number of carbonyl (C=O) groups excluding carboxylic acids is 1. The van der Waals surface area contributed by atoms with Gasteiger partial charge in [0.1, 0.15) is 0 Å². The fourth-order valence-electron chi connectivity index (χ4n) is 3.97.